The van der Waals surface area contributed by atoms with Crippen molar-refractivity contribution in [2.24, 2.45) is 5.41 Å². The number of aromatic hydroxyl groups is 1. The molecule has 1 aromatic rings. The quantitative estimate of drug-likeness (QED) is 0.806. The van der Waals surface area contributed by atoms with Crippen molar-refractivity contribution in [3.63, 3.8) is 0 Å². The highest BCUT2D eigenvalue weighted by Crippen LogP contribution is 2.52. The SMILES string of the molecule is Cc1ccc(C2(C)CC(=O)CC2(C)C)cc1O. The molecule has 0 radical (unpaired) electrons. The second-order valence-electron chi connectivity index (χ2n) is 6.11. The van der Waals surface area contributed by atoms with E-state index in [-0.39, 0.29) is 10.8 Å². The highest BCUT2D eigenvalue weighted by molar-refractivity contribution is 5.84. The van der Waals surface area contributed by atoms with Crippen LogP contribution >= 0.6 is 0 Å². The number of phenols is 1. The van der Waals surface area contributed by atoms with E-state index in [0.717, 1.165) is 11.1 Å². The fourth-order valence-corrected chi connectivity index (χ4v) is 2.83. The normalized spacial score (nSPS) is 27.4. The average molecular weight is 232 g/mol. The van der Waals surface area contributed by atoms with Crippen molar-refractivity contribution in [2.75, 3.05) is 0 Å². The molecule has 0 amide bonds. The highest BCUT2D eigenvalue weighted by Gasteiger charge is 2.50. The molecule has 1 aliphatic rings. The van der Waals surface area contributed by atoms with Gasteiger partial charge in [-0.2, -0.15) is 0 Å². The maximum Gasteiger partial charge on any atom is 0.134 e. The number of hydrogen-bond acceptors (Lipinski definition) is 2. The molecule has 0 aliphatic heterocycles. The Morgan fingerprint density at radius 3 is 2.29 bits per heavy atom. The lowest BCUT2D eigenvalue weighted by Crippen LogP contribution is -2.33. The van der Waals surface area contributed by atoms with Crippen LogP contribution in [0.25, 0.3) is 0 Å². The lowest BCUT2D eigenvalue weighted by Gasteiger charge is -2.38. The van der Waals surface area contributed by atoms with E-state index >= 15 is 0 Å². The van der Waals surface area contributed by atoms with Crippen LogP contribution in [0.1, 0.15) is 44.7 Å². The molecular weight excluding hydrogens is 212 g/mol. The molecule has 0 bridgehead atoms. The first kappa shape index (κ1) is 12.2. The highest BCUT2D eigenvalue weighted by atomic mass is 16.3. The zero-order chi connectivity index (χ0) is 12.8. The molecule has 0 saturated heterocycles. The molecule has 1 atom stereocenters. The molecule has 1 saturated carbocycles. The summed E-state index contributed by atoms with van der Waals surface area (Å²) in [5, 5.41) is 9.83. The van der Waals surface area contributed by atoms with Crippen LogP contribution in [0.2, 0.25) is 0 Å². The third-order valence-corrected chi connectivity index (χ3v) is 4.53. The largest absolute Gasteiger partial charge is 0.508 e. The number of carbonyl (C=O) groups excluding carboxylic acids is 1. The van der Waals surface area contributed by atoms with Crippen LogP contribution in [0.4, 0.5) is 0 Å². The van der Waals surface area contributed by atoms with Gasteiger partial charge in [-0.15, -0.1) is 0 Å². The first-order valence-corrected chi connectivity index (χ1v) is 6.08. The van der Waals surface area contributed by atoms with Crippen molar-refractivity contribution in [3.8, 4) is 5.75 Å². The van der Waals surface area contributed by atoms with E-state index in [1.807, 2.05) is 25.1 Å². The van der Waals surface area contributed by atoms with Crippen LogP contribution in [0.15, 0.2) is 18.2 Å². The number of hydrogen-bond donors (Lipinski definition) is 1. The predicted molar refractivity (Wildman–Crippen MR) is 68.2 cm³/mol. The number of carbonyl (C=O) groups is 1. The van der Waals surface area contributed by atoms with Gasteiger partial charge >= 0.3 is 0 Å². The van der Waals surface area contributed by atoms with Crippen molar-refractivity contribution in [3.05, 3.63) is 29.3 Å². The predicted octanol–water partition coefficient (Wildman–Crippen LogP) is 3.35. The molecule has 2 heteroatoms. The fourth-order valence-electron chi connectivity index (χ4n) is 2.83. The van der Waals surface area contributed by atoms with Crippen LogP contribution in [-0.2, 0) is 10.2 Å². The topological polar surface area (TPSA) is 37.3 Å². The second kappa shape index (κ2) is 3.59. The number of phenolic OH excluding ortho intramolecular Hbond substituents is 1. The van der Waals surface area contributed by atoms with Gasteiger partial charge in [-0.3, -0.25) is 4.79 Å². The van der Waals surface area contributed by atoms with Gasteiger partial charge in [-0.05, 0) is 29.5 Å². The molecule has 1 unspecified atom stereocenters. The average Bonchev–Trinajstić information content (AvgIpc) is 2.40. The molecule has 2 rings (SSSR count). The van der Waals surface area contributed by atoms with E-state index in [1.54, 1.807) is 0 Å². The summed E-state index contributed by atoms with van der Waals surface area (Å²) in [6.45, 7) is 8.28. The molecule has 0 aromatic heterocycles. The van der Waals surface area contributed by atoms with E-state index in [4.69, 9.17) is 0 Å². The lowest BCUT2D eigenvalue weighted by atomic mass is 9.65. The Bertz CT molecular complexity index is 474. The number of Topliss-reactive ketones (excluding diaryl/α,β-unsaturated/α-hetero) is 1. The van der Waals surface area contributed by atoms with Crippen LogP contribution < -0.4 is 0 Å². The van der Waals surface area contributed by atoms with Gasteiger partial charge in [0.1, 0.15) is 11.5 Å². The van der Waals surface area contributed by atoms with Gasteiger partial charge in [0.15, 0.2) is 0 Å². The molecule has 92 valence electrons. The maximum atomic E-state index is 11.7. The lowest BCUT2D eigenvalue weighted by molar-refractivity contribution is -0.118. The van der Waals surface area contributed by atoms with E-state index < -0.39 is 0 Å². The number of ketones is 1. The van der Waals surface area contributed by atoms with E-state index in [2.05, 4.69) is 20.8 Å². The molecule has 1 fully saturated rings. The van der Waals surface area contributed by atoms with Crippen LogP contribution in [0, 0.1) is 12.3 Å². The molecule has 2 nitrogen and oxygen atoms in total. The van der Waals surface area contributed by atoms with E-state index in [1.165, 1.54) is 0 Å². The third-order valence-electron chi connectivity index (χ3n) is 4.53. The second-order valence-corrected chi connectivity index (χ2v) is 6.11. The van der Waals surface area contributed by atoms with Gasteiger partial charge in [-0.1, -0.05) is 32.9 Å². The van der Waals surface area contributed by atoms with E-state index in [9.17, 15) is 9.90 Å². The maximum absolute atomic E-state index is 11.7. The standard InChI is InChI=1S/C15H20O2/c1-10-5-6-11(7-13(10)17)15(4)9-12(16)8-14(15,2)3/h5-7,17H,8-9H2,1-4H3. The van der Waals surface area contributed by atoms with Crippen LogP contribution in [-0.4, -0.2) is 10.9 Å². The van der Waals surface area contributed by atoms with Gasteiger partial charge < -0.3 is 5.11 Å². The van der Waals surface area contributed by atoms with Crippen molar-refractivity contribution in [1.29, 1.82) is 0 Å². The molecule has 0 spiro atoms. The molecule has 1 aromatic carbocycles. The Hall–Kier alpha value is -1.31. The first-order valence-electron chi connectivity index (χ1n) is 6.08. The summed E-state index contributed by atoms with van der Waals surface area (Å²) in [4.78, 5) is 11.7. The summed E-state index contributed by atoms with van der Waals surface area (Å²) in [6.07, 6.45) is 1.20. The van der Waals surface area contributed by atoms with Crippen LogP contribution in [0.5, 0.6) is 5.75 Å². The van der Waals surface area contributed by atoms with Crippen LogP contribution in [0.3, 0.4) is 0 Å². The van der Waals surface area contributed by atoms with Gasteiger partial charge in [0.25, 0.3) is 0 Å². The molecule has 0 heterocycles. The Balaban J connectivity index is 2.51. The van der Waals surface area contributed by atoms with Crippen molar-refractivity contribution >= 4 is 5.78 Å². The summed E-state index contributed by atoms with van der Waals surface area (Å²) in [5.74, 6) is 0.636. The van der Waals surface area contributed by atoms with Crippen molar-refractivity contribution in [1.82, 2.24) is 0 Å². The minimum Gasteiger partial charge on any atom is -0.508 e. The fraction of sp³-hybridized carbons (Fsp3) is 0.533. The Morgan fingerprint density at radius 2 is 1.82 bits per heavy atom. The summed E-state index contributed by atoms with van der Waals surface area (Å²) in [7, 11) is 0. The minimum absolute atomic E-state index is 0.0498. The zero-order valence-electron chi connectivity index (χ0n) is 11.0. The number of benzene rings is 1. The smallest absolute Gasteiger partial charge is 0.134 e. The number of aryl methyl sites for hydroxylation is 1. The summed E-state index contributed by atoms with van der Waals surface area (Å²) < 4.78 is 0. The monoisotopic (exact) mass is 232 g/mol. The third kappa shape index (κ3) is 1.76. The van der Waals surface area contributed by atoms with Crippen molar-refractivity contribution < 1.29 is 9.90 Å². The Morgan fingerprint density at radius 1 is 1.18 bits per heavy atom. The molecule has 1 aliphatic carbocycles. The van der Waals surface area contributed by atoms with Crippen molar-refractivity contribution in [2.45, 2.75) is 46.0 Å². The summed E-state index contributed by atoms with van der Waals surface area (Å²) in [6, 6.07) is 5.78. The van der Waals surface area contributed by atoms with Gasteiger partial charge in [0.05, 0.1) is 0 Å². The van der Waals surface area contributed by atoms with E-state index in [0.29, 0.717) is 24.4 Å². The number of rotatable bonds is 1. The van der Waals surface area contributed by atoms with Gasteiger partial charge in [0.2, 0.25) is 0 Å². The minimum atomic E-state index is -0.171. The van der Waals surface area contributed by atoms with Gasteiger partial charge in [-0.25, -0.2) is 0 Å². The molecule has 1 N–H and O–H groups in total. The Kier molecular flexibility index (Phi) is 2.57. The molecular formula is C15H20O2. The van der Waals surface area contributed by atoms with Gasteiger partial charge in [0, 0.05) is 18.3 Å². The summed E-state index contributed by atoms with van der Waals surface area (Å²) >= 11 is 0. The molecule has 17 heavy (non-hydrogen) atoms. The zero-order valence-corrected chi connectivity index (χ0v) is 11.0. The first-order chi connectivity index (χ1) is 7.76. The Labute approximate surface area is 103 Å². The summed E-state index contributed by atoms with van der Waals surface area (Å²) in [5.41, 5.74) is 1.72.